The summed E-state index contributed by atoms with van der Waals surface area (Å²) in [6.45, 7) is 5.78. The van der Waals surface area contributed by atoms with E-state index in [1.54, 1.807) is 18.3 Å². The molecule has 1 aromatic heterocycles. The minimum Gasteiger partial charge on any atom is -0.398 e. The van der Waals surface area contributed by atoms with Crippen molar-refractivity contribution in [1.29, 1.82) is 0 Å². The Morgan fingerprint density at radius 3 is 2.48 bits per heavy atom. The number of pyridine rings is 1. The first-order chi connectivity index (χ1) is 9.81. The second-order valence-corrected chi connectivity index (χ2v) is 6.80. The Kier molecular flexibility index (Phi) is 4.29. The van der Waals surface area contributed by atoms with Crippen LogP contribution in [-0.2, 0) is 16.6 Å². The molecule has 0 spiro atoms. The lowest BCUT2D eigenvalue weighted by Gasteiger charge is -2.12. The number of nitrogens with one attached hydrogen (secondary N) is 1. The number of aryl methyl sites for hydroxylation is 3. The zero-order valence-electron chi connectivity index (χ0n) is 12.3. The number of hydrogen-bond acceptors (Lipinski definition) is 4. The number of benzene rings is 1. The second-order valence-electron chi connectivity index (χ2n) is 5.07. The zero-order valence-corrected chi connectivity index (χ0v) is 13.2. The van der Waals surface area contributed by atoms with Gasteiger partial charge in [-0.15, -0.1) is 0 Å². The monoisotopic (exact) mass is 305 g/mol. The Labute approximate surface area is 125 Å². The van der Waals surface area contributed by atoms with Crippen LogP contribution in [0.15, 0.2) is 35.4 Å². The molecular formula is C15H19N3O2S. The normalized spacial score (nSPS) is 11.6. The van der Waals surface area contributed by atoms with Crippen LogP contribution >= 0.6 is 0 Å². The summed E-state index contributed by atoms with van der Waals surface area (Å²) in [4.78, 5) is 4.28. The molecule has 0 amide bonds. The third kappa shape index (κ3) is 3.40. The molecule has 2 aromatic rings. The van der Waals surface area contributed by atoms with Crippen LogP contribution in [0.1, 0.15) is 22.4 Å². The molecule has 1 heterocycles. The Bertz CT molecular complexity index is 770. The van der Waals surface area contributed by atoms with E-state index in [1.807, 2.05) is 32.9 Å². The Morgan fingerprint density at radius 2 is 1.81 bits per heavy atom. The molecule has 21 heavy (non-hydrogen) atoms. The second kappa shape index (κ2) is 5.83. The summed E-state index contributed by atoms with van der Waals surface area (Å²) >= 11 is 0. The number of nitrogens with zero attached hydrogens (tertiary/aromatic N) is 1. The highest BCUT2D eigenvalue weighted by Crippen LogP contribution is 2.22. The lowest BCUT2D eigenvalue weighted by atomic mass is 10.1. The predicted octanol–water partition coefficient (Wildman–Crippen LogP) is 2.07. The highest BCUT2D eigenvalue weighted by Gasteiger charge is 2.18. The number of hydrogen-bond donors (Lipinski definition) is 2. The van der Waals surface area contributed by atoms with Crippen LogP contribution in [0, 0.1) is 20.8 Å². The van der Waals surface area contributed by atoms with Crippen LogP contribution in [0.4, 0.5) is 5.69 Å². The minimum absolute atomic E-state index is 0.110. The van der Waals surface area contributed by atoms with Crippen molar-refractivity contribution >= 4 is 15.7 Å². The molecule has 1 aromatic carbocycles. The van der Waals surface area contributed by atoms with Crippen molar-refractivity contribution in [2.75, 3.05) is 5.73 Å². The lowest BCUT2D eigenvalue weighted by molar-refractivity contribution is 0.580. The fraction of sp³-hybridized carbons (Fsp3) is 0.267. The molecule has 0 saturated carbocycles. The molecule has 3 N–H and O–H groups in total. The number of rotatable bonds is 4. The number of aromatic nitrogens is 1. The largest absolute Gasteiger partial charge is 0.398 e. The molecule has 0 saturated heterocycles. The van der Waals surface area contributed by atoms with Gasteiger partial charge in [0, 0.05) is 6.20 Å². The van der Waals surface area contributed by atoms with E-state index in [-0.39, 0.29) is 17.1 Å². The van der Waals surface area contributed by atoms with Gasteiger partial charge in [-0.3, -0.25) is 4.98 Å². The molecule has 0 fully saturated rings. The molecule has 0 atom stereocenters. The van der Waals surface area contributed by atoms with E-state index >= 15 is 0 Å². The summed E-state index contributed by atoms with van der Waals surface area (Å²) in [7, 11) is -3.66. The van der Waals surface area contributed by atoms with E-state index in [4.69, 9.17) is 5.73 Å². The van der Waals surface area contributed by atoms with Crippen LogP contribution in [0.2, 0.25) is 0 Å². The van der Waals surface area contributed by atoms with Crippen molar-refractivity contribution in [1.82, 2.24) is 9.71 Å². The first-order valence-electron chi connectivity index (χ1n) is 6.58. The van der Waals surface area contributed by atoms with Crippen LogP contribution in [0.25, 0.3) is 0 Å². The van der Waals surface area contributed by atoms with Gasteiger partial charge in [0.25, 0.3) is 0 Å². The van der Waals surface area contributed by atoms with Crippen molar-refractivity contribution in [2.24, 2.45) is 0 Å². The molecule has 0 bridgehead atoms. The lowest BCUT2D eigenvalue weighted by Crippen LogP contribution is -2.25. The summed E-state index contributed by atoms with van der Waals surface area (Å²) in [6.07, 6.45) is 1.64. The molecule has 6 heteroatoms. The summed E-state index contributed by atoms with van der Waals surface area (Å²) in [5.41, 5.74) is 9.58. The first-order valence-corrected chi connectivity index (χ1v) is 8.06. The van der Waals surface area contributed by atoms with Gasteiger partial charge >= 0.3 is 0 Å². The number of nitrogen functional groups attached to an aromatic ring is 1. The third-order valence-corrected chi connectivity index (χ3v) is 4.92. The maximum absolute atomic E-state index is 12.4. The number of anilines is 1. The molecular weight excluding hydrogens is 286 g/mol. The van der Waals surface area contributed by atoms with Gasteiger partial charge in [-0.2, -0.15) is 0 Å². The van der Waals surface area contributed by atoms with Gasteiger partial charge in [-0.25, -0.2) is 13.1 Å². The average molecular weight is 305 g/mol. The maximum Gasteiger partial charge on any atom is 0.242 e. The fourth-order valence-corrected chi connectivity index (χ4v) is 3.17. The van der Waals surface area contributed by atoms with Crippen molar-refractivity contribution in [3.05, 3.63) is 52.8 Å². The van der Waals surface area contributed by atoms with Crippen molar-refractivity contribution < 1.29 is 8.42 Å². The highest BCUT2D eigenvalue weighted by atomic mass is 32.2. The van der Waals surface area contributed by atoms with E-state index in [2.05, 4.69) is 9.71 Å². The molecule has 112 valence electrons. The molecule has 0 aliphatic carbocycles. The molecule has 2 rings (SSSR count). The Balaban J connectivity index is 2.27. The van der Waals surface area contributed by atoms with Crippen LogP contribution in [0.5, 0.6) is 0 Å². The Morgan fingerprint density at radius 1 is 1.14 bits per heavy atom. The maximum atomic E-state index is 12.4. The van der Waals surface area contributed by atoms with Crippen molar-refractivity contribution in [3.8, 4) is 0 Å². The molecule has 5 nitrogen and oxygen atoms in total. The topological polar surface area (TPSA) is 85.1 Å². The van der Waals surface area contributed by atoms with Gasteiger partial charge in [-0.1, -0.05) is 6.07 Å². The number of sulfonamides is 1. The van der Waals surface area contributed by atoms with Gasteiger partial charge in [0.05, 0.1) is 17.9 Å². The SMILES string of the molecule is Cc1cc(N)c(S(=O)(=O)NCc2ncccc2C)cc1C. The molecule has 0 radical (unpaired) electrons. The van der Waals surface area contributed by atoms with Crippen LogP contribution in [0.3, 0.4) is 0 Å². The first kappa shape index (κ1) is 15.5. The number of nitrogens with two attached hydrogens (primary N) is 1. The van der Waals surface area contributed by atoms with Gasteiger partial charge in [0.15, 0.2) is 0 Å². The van der Waals surface area contributed by atoms with E-state index in [1.165, 1.54) is 0 Å². The quantitative estimate of drug-likeness (QED) is 0.847. The van der Waals surface area contributed by atoms with Gasteiger partial charge in [0.1, 0.15) is 4.90 Å². The standard InChI is InChI=1S/C15H19N3O2S/c1-10-5-4-6-17-14(10)9-18-21(19,20)15-8-12(3)11(2)7-13(15)16/h4-8,18H,9,16H2,1-3H3. The average Bonchev–Trinajstić information content (AvgIpc) is 2.42. The minimum atomic E-state index is -3.66. The van der Waals surface area contributed by atoms with Crippen LogP contribution < -0.4 is 10.5 Å². The summed E-state index contributed by atoms with van der Waals surface area (Å²) in [5, 5.41) is 0. The fourth-order valence-electron chi connectivity index (χ4n) is 1.99. The molecule has 0 aliphatic rings. The predicted molar refractivity (Wildman–Crippen MR) is 83.3 cm³/mol. The summed E-state index contributed by atoms with van der Waals surface area (Å²) in [6, 6.07) is 6.98. The van der Waals surface area contributed by atoms with Gasteiger partial charge in [0.2, 0.25) is 10.0 Å². The van der Waals surface area contributed by atoms with E-state index in [9.17, 15) is 8.42 Å². The van der Waals surface area contributed by atoms with Crippen LogP contribution in [-0.4, -0.2) is 13.4 Å². The van der Waals surface area contributed by atoms with E-state index in [0.717, 1.165) is 16.7 Å². The summed E-state index contributed by atoms with van der Waals surface area (Å²) in [5.74, 6) is 0. The summed E-state index contributed by atoms with van der Waals surface area (Å²) < 4.78 is 27.3. The third-order valence-electron chi connectivity index (χ3n) is 3.46. The smallest absolute Gasteiger partial charge is 0.242 e. The molecule has 0 aliphatic heterocycles. The zero-order chi connectivity index (χ0) is 15.6. The van der Waals surface area contributed by atoms with Crippen molar-refractivity contribution in [3.63, 3.8) is 0 Å². The highest BCUT2D eigenvalue weighted by molar-refractivity contribution is 7.89. The molecule has 0 unspecified atom stereocenters. The van der Waals surface area contributed by atoms with Crippen molar-refractivity contribution in [2.45, 2.75) is 32.2 Å². The van der Waals surface area contributed by atoms with E-state index < -0.39 is 10.0 Å². The van der Waals surface area contributed by atoms with Gasteiger partial charge < -0.3 is 5.73 Å². The van der Waals surface area contributed by atoms with E-state index in [0.29, 0.717) is 5.69 Å². The Hall–Kier alpha value is -1.92. The van der Waals surface area contributed by atoms with Gasteiger partial charge in [-0.05, 0) is 55.7 Å².